The van der Waals surface area contributed by atoms with Crippen LogP contribution in [0.5, 0.6) is 0 Å². The highest BCUT2D eigenvalue weighted by molar-refractivity contribution is 5.94. The van der Waals surface area contributed by atoms with E-state index in [9.17, 15) is 4.79 Å². The van der Waals surface area contributed by atoms with Crippen LogP contribution in [0.4, 0.5) is 0 Å². The summed E-state index contributed by atoms with van der Waals surface area (Å²) in [6, 6.07) is 9.27. The van der Waals surface area contributed by atoms with Crippen LogP contribution in [0.15, 0.2) is 36.5 Å². The molecule has 3 heteroatoms. The second-order valence-electron chi connectivity index (χ2n) is 5.60. The van der Waals surface area contributed by atoms with Gasteiger partial charge in [-0.25, -0.2) is 4.79 Å². The number of fused-ring (bicyclic) bond motifs is 1. The molecular weight excluding hydrogens is 250 g/mol. The van der Waals surface area contributed by atoms with Crippen LogP contribution in [0.1, 0.15) is 44.0 Å². The Morgan fingerprint density at radius 1 is 1.20 bits per heavy atom. The van der Waals surface area contributed by atoms with Crippen molar-refractivity contribution in [1.82, 2.24) is 4.98 Å². The van der Waals surface area contributed by atoms with Crippen LogP contribution < -0.4 is 0 Å². The van der Waals surface area contributed by atoms with Crippen LogP contribution in [-0.4, -0.2) is 17.1 Å². The molecule has 2 rings (SSSR count). The number of rotatable bonds is 5. The average molecular weight is 271 g/mol. The first kappa shape index (κ1) is 14.5. The van der Waals surface area contributed by atoms with Gasteiger partial charge in [0.05, 0.1) is 17.2 Å². The summed E-state index contributed by atoms with van der Waals surface area (Å²) in [6.07, 6.45) is 3.66. The average Bonchev–Trinajstić information content (AvgIpc) is 2.44. The quantitative estimate of drug-likeness (QED) is 0.764. The zero-order valence-electron chi connectivity index (χ0n) is 12.3. The first-order valence-corrected chi connectivity index (χ1v) is 7.12. The molecule has 1 unspecified atom stereocenters. The molecule has 0 saturated carbocycles. The van der Waals surface area contributed by atoms with Crippen molar-refractivity contribution in [1.29, 1.82) is 0 Å². The van der Waals surface area contributed by atoms with Crippen molar-refractivity contribution in [2.75, 3.05) is 0 Å². The third kappa shape index (κ3) is 3.80. The van der Waals surface area contributed by atoms with Crippen molar-refractivity contribution in [3.63, 3.8) is 0 Å². The number of benzene rings is 1. The van der Waals surface area contributed by atoms with Crippen molar-refractivity contribution in [2.45, 2.75) is 39.7 Å². The maximum absolute atomic E-state index is 12.1. The summed E-state index contributed by atoms with van der Waals surface area (Å²) >= 11 is 0. The van der Waals surface area contributed by atoms with Crippen LogP contribution in [0.3, 0.4) is 0 Å². The molecule has 0 saturated heterocycles. The fourth-order valence-corrected chi connectivity index (χ4v) is 2.08. The highest BCUT2D eigenvalue weighted by atomic mass is 16.5. The number of nitrogens with zero attached hydrogens (tertiary/aromatic N) is 1. The van der Waals surface area contributed by atoms with Gasteiger partial charge in [0.25, 0.3) is 0 Å². The third-order valence-corrected chi connectivity index (χ3v) is 3.30. The van der Waals surface area contributed by atoms with E-state index in [2.05, 4.69) is 18.8 Å². The van der Waals surface area contributed by atoms with Crippen molar-refractivity contribution in [2.24, 2.45) is 5.92 Å². The highest BCUT2D eigenvalue weighted by Crippen LogP contribution is 2.16. The number of carbonyl (C=O) groups excluding carboxylic acids is 1. The van der Waals surface area contributed by atoms with Crippen LogP contribution in [-0.2, 0) is 4.74 Å². The zero-order chi connectivity index (χ0) is 14.5. The summed E-state index contributed by atoms with van der Waals surface area (Å²) in [5.74, 6) is 0.370. The van der Waals surface area contributed by atoms with Gasteiger partial charge in [0.15, 0.2) is 0 Å². The Bertz CT molecular complexity index is 592. The van der Waals surface area contributed by atoms with Crippen molar-refractivity contribution in [3.05, 3.63) is 42.1 Å². The molecule has 2 aromatic rings. The van der Waals surface area contributed by atoms with Gasteiger partial charge in [0, 0.05) is 11.6 Å². The van der Waals surface area contributed by atoms with Gasteiger partial charge in [-0.2, -0.15) is 0 Å². The Morgan fingerprint density at radius 3 is 2.75 bits per heavy atom. The molecular formula is C17H21NO2. The summed E-state index contributed by atoms with van der Waals surface area (Å²) < 4.78 is 5.48. The first-order valence-electron chi connectivity index (χ1n) is 7.12. The highest BCUT2D eigenvalue weighted by Gasteiger charge is 2.13. The number of hydrogen-bond donors (Lipinski definition) is 0. The van der Waals surface area contributed by atoms with Crippen molar-refractivity contribution >= 4 is 16.9 Å². The lowest BCUT2D eigenvalue weighted by Gasteiger charge is -2.14. The molecule has 0 aliphatic heterocycles. The second-order valence-corrected chi connectivity index (χ2v) is 5.60. The topological polar surface area (TPSA) is 39.2 Å². The van der Waals surface area contributed by atoms with E-state index in [1.54, 1.807) is 12.3 Å². The largest absolute Gasteiger partial charge is 0.459 e. The minimum absolute atomic E-state index is 0.0468. The summed E-state index contributed by atoms with van der Waals surface area (Å²) in [5.41, 5.74) is 1.47. The predicted octanol–water partition coefficient (Wildman–Crippen LogP) is 4.22. The molecule has 1 aromatic carbocycles. The Kier molecular flexibility index (Phi) is 4.72. The fourth-order valence-electron chi connectivity index (χ4n) is 2.08. The van der Waals surface area contributed by atoms with E-state index < -0.39 is 0 Å². The Morgan fingerprint density at radius 2 is 2.00 bits per heavy atom. The molecule has 0 radical (unpaired) electrons. The van der Waals surface area contributed by atoms with E-state index in [1.807, 2.05) is 31.2 Å². The SMILES string of the molecule is CC(C)CCC(C)OC(=O)c1ccc2ncccc2c1. The molecule has 0 amide bonds. The molecule has 1 heterocycles. The van der Waals surface area contributed by atoms with E-state index in [4.69, 9.17) is 4.74 Å². The molecule has 1 aromatic heterocycles. The molecule has 3 nitrogen and oxygen atoms in total. The molecule has 20 heavy (non-hydrogen) atoms. The lowest BCUT2D eigenvalue weighted by atomic mass is 10.1. The van der Waals surface area contributed by atoms with Gasteiger partial charge in [-0.15, -0.1) is 0 Å². The molecule has 0 N–H and O–H groups in total. The lowest BCUT2D eigenvalue weighted by molar-refractivity contribution is 0.0314. The van der Waals surface area contributed by atoms with Crippen molar-refractivity contribution < 1.29 is 9.53 Å². The Balaban J connectivity index is 2.03. The number of pyridine rings is 1. The summed E-state index contributed by atoms with van der Waals surface area (Å²) in [7, 11) is 0. The van der Waals surface area contributed by atoms with E-state index >= 15 is 0 Å². The van der Waals surface area contributed by atoms with Crippen LogP contribution in [0, 0.1) is 5.92 Å². The molecule has 0 spiro atoms. The minimum atomic E-state index is -0.257. The minimum Gasteiger partial charge on any atom is -0.459 e. The molecule has 0 aliphatic carbocycles. The summed E-state index contributed by atoms with van der Waals surface area (Å²) in [5, 5.41) is 0.955. The molecule has 106 valence electrons. The summed E-state index contributed by atoms with van der Waals surface area (Å²) in [6.45, 7) is 6.29. The number of carbonyl (C=O) groups is 1. The Hall–Kier alpha value is -1.90. The van der Waals surface area contributed by atoms with Crippen LogP contribution in [0.2, 0.25) is 0 Å². The van der Waals surface area contributed by atoms with Gasteiger partial charge in [-0.3, -0.25) is 4.98 Å². The smallest absolute Gasteiger partial charge is 0.338 e. The maximum Gasteiger partial charge on any atom is 0.338 e. The van der Waals surface area contributed by atoms with E-state index in [-0.39, 0.29) is 12.1 Å². The lowest BCUT2D eigenvalue weighted by Crippen LogP contribution is -2.15. The number of ether oxygens (including phenoxy) is 1. The second kappa shape index (κ2) is 6.51. The third-order valence-electron chi connectivity index (χ3n) is 3.30. The van der Waals surface area contributed by atoms with Gasteiger partial charge in [-0.1, -0.05) is 19.9 Å². The van der Waals surface area contributed by atoms with E-state index in [0.29, 0.717) is 11.5 Å². The van der Waals surface area contributed by atoms with Gasteiger partial charge in [-0.05, 0) is 49.9 Å². The van der Waals surface area contributed by atoms with Crippen LogP contribution >= 0.6 is 0 Å². The zero-order valence-corrected chi connectivity index (χ0v) is 12.3. The van der Waals surface area contributed by atoms with Gasteiger partial charge < -0.3 is 4.74 Å². The van der Waals surface area contributed by atoms with Crippen LogP contribution in [0.25, 0.3) is 10.9 Å². The Labute approximate surface area is 120 Å². The standard InChI is InChI=1S/C17H21NO2/c1-12(2)6-7-13(3)20-17(19)15-8-9-16-14(11-15)5-4-10-18-16/h4-5,8-13H,6-7H2,1-3H3. The molecule has 0 aliphatic rings. The number of esters is 1. The van der Waals surface area contributed by atoms with E-state index in [1.165, 1.54) is 0 Å². The number of aromatic nitrogens is 1. The maximum atomic E-state index is 12.1. The van der Waals surface area contributed by atoms with E-state index in [0.717, 1.165) is 23.7 Å². The van der Waals surface area contributed by atoms with Gasteiger partial charge in [0.2, 0.25) is 0 Å². The first-order chi connectivity index (χ1) is 9.56. The molecule has 1 atom stereocenters. The van der Waals surface area contributed by atoms with Gasteiger partial charge in [0.1, 0.15) is 0 Å². The van der Waals surface area contributed by atoms with Crippen molar-refractivity contribution in [3.8, 4) is 0 Å². The predicted molar refractivity (Wildman–Crippen MR) is 80.7 cm³/mol. The summed E-state index contributed by atoms with van der Waals surface area (Å²) in [4.78, 5) is 16.3. The van der Waals surface area contributed by atoms with Gasteiger partial charge >= 0.3 is 5.97 Å². The monoisotopic (exact) mass is 271 g/mol. The molecule has 0 bridgehead atoms. The normalized spacial score (nSPS) is 12.6. The fraction of sp³-hybridized carbons (Fsp3) is 0.412. The molecule has 0 fully saturated rings. The number of hydrogen-bond acceptors (Lipinski definition) is 3.